The number of halogens is 2. The van der Waals surface area contributed by atoms with Gasteiger partial charge in [-0.3, -0.25) is 0 Å². The van der Waals surface area contributed by atoms with Crippen molar-refractivity contribution in [1.29, 1.82) is 0 Å². The summed E-state index contributed by atoms with van der Waals surface area (Å²) in [6.07, 6.45) is 3.70. The Morgan fingerprint density at radius 2 is 2.10 bits per heavy atom. The number of rotatable bonds is 6. The second kappa shape index (κ2) is 7.16. The van der Waals surface area contributed by atoms with Crippen molar-refractivity contribution in [3.05, 3.63) is 46.2 Å². The topological polar surface area (TPSA) is 39.1 Å². The Balaban J connectivity index is 2.16. The minimum absolute atomic E-state index is 0.0191. The lowest BCUT2D eigenvalue weighted by molar-refractivity contribution is 0.163. The fourth-order valence-electron chi connectivity index (χ4n) is 2.23. The van der Waals surface area contributed by atoms with Crippen LogP contribution >= 0.6 is 23.2 Å². The normalized spacial score (nSPS) is 14.0. The average molecular weight is 328 g/mol. The van der Waals surface area contributed by atoms with Crippen LogP contribution in [-0.4, -0.2) is 23.3 Å². The smallest absolute Gasteiger partial charge is 0.203 e. The first kappa shape index (κ1) is 16.1. The van der Waals surface area contributed by atoms with Crippen molar-refractivity contribution in [2.24, 2.45) is 0 Å². The molecule has 2 rings (SSSR count). The second-order valence-electron chi connectivity index (χ2n) is 4.99. The van der Waals surface area contributed by atoms with Gasteiger partial charge >= 0.3 is 0 Å². The molecule has 1 heterocycles. The molecule has 6 heteroatoms. The highest BCUT2D eigenvalue weighted by Crippen LogP contribution is 2.28. The van der Waals surface area contributed by atoms with Crippen molar-refractivity contribution >= 4 is 29.2 Å². The van der Waals surface area contributed by atoms with E-state index in [1.165, 1.54) is 0 Å². The number of benzene rings is 1. The highest BCUT2D eigenvalue weighted by Gasteiger charge is 2.15. The van der Waals surface area contributed by atoms with Crippen molar-refractivity contribution < 1.29 is 4.74 Å². The maximum absolute atomic E-state index is 6.24. The molecule has 1 aromatic carbocycles. The lowest BCUT2D eigenvalue weighted by Crippen LogP contribution is -2.16. The van der Waals surface area contributed by atoms with Crippen LogP contribution in [0.4, 0.5) is 5.95 Å². The highest BCUT2D eigenvalue weighted by atomic mass is 35.5. The maximum Gasteiger partial charge on any atom is 0.203 e. The minimum Gasteiger partial charge on any atom is -0.383 e. The Labute approximate surface area is 135 Å². The molecule has 0 saturated carbocycles. The molecule has 4 nitrogen and oxygen atoms in total. The molecule has 0 aliphatic rings. The predicted octanol–water partition coefficient (Wildman–Crippen LogP) is 4.57. The lowest BCUT2D eigenvalue weighted by atomic mass is 10.1. The summed E-state index contributed by atoms with van der Waals surface area (Å²) in [4.78, 5) is 4.36. The first-order valence-electron chi connectivity index (χ1n) is 6.76. The molecule has 0 amide bonds. The monoisotopic (exact) mass is 327 g/mol. The number of nitrogens with one attached hydrogen (secondary N) is 1. The molecule has 1 N–H and O–H groups in total. The number of ether oxygens (including phenoxy) is 1. The Bertz CT molecular complexity index is 600. The summed E-state index contributed by atoms with van der Waals surface area (Å²) < 4.78 is 7.24. The van der Waals surface area contributed by atoms with Gasteiger partial charge in [0, 0.05) is 29.5 Å². The number of nitrogens with zero attached hydrogens (tertiary/aromatic N) is 2. The van der Waals surface area contributed by atoms with Crippen molar-refractivity contribution in [2.45, 2.75) is 25.9 Å². The van der Waals surface area contributed by atoms with Gasteiger partial charge in [0.05, 0.1) is 18.7 Å². The summed E-state index contributed by atoms with van der Waals surface area (Å²) in [6, 6.07) is 5.73. The van der Waals surface area contributed by atoms with Crippen LogP contribution < -0.4 is 5.32 Å². The van der Waals surface area contributed by atoms with E-state index in [0.717, 1.165) is 11.5 Å². The molecule has 114 valence electrons. The molecule has 0 aliphatic carbocycles. The first-order chi connectivity index (χ1) is 10.0. The van der Waals surface area contributed by atoms with Gasteiger partial charge in [-0.2, -0.15) is 0 Å². The standard InChI is InChI=1S/C15H19Cl2N3O/c1-10(9-21-3)20-7-6-18-15(20)19-11(2)13-5-4-12(16)8-14(13)17/h4-8,10-11H,9H2,1-3H3,(H,18,19). The summed E-state index contributed by atoms with van der Waals surface area (Å²) >= 11 is 12.2. The van der Waals surface area contributed by atoms with Crippen LogP contribution in [0.25, 0.3) is 0 Å². The molecule has 1 aromatic heterocycles. The minimum atomic E-state index is 0.0191. The number of aromatic nitrogens is 2. The van der Waals surface area contributed by atoms with Crippen LogP contribution in [0.2, 0.25) is 10.0 Å². The van der Waals surface area contributed by atoms with Gasteiger partial charge in [0.2, 0.25) is 5.95 Å². The number of imidazole rings is 1. The molecular formula is C15H19Cl2N3O. The van der Waals surface area contributed by atoms with E-state index < -0.39 is 0 Å². The molecule has 0 saturated heterocycles. The van der Waals surface area contributed by atoms with E-state index in [4.69, 9.17) is 27.9 Å². The van der Waals surface area contributed by atoms with Gasteiger partial charge in [-0.1, -0.05) is 29.3 Å². The van der Waals surface area contributed by atoms with Crippen molar-refractivity contribution in [3.63, 3.8) is 0 Å². The van der Waals surface area contributed by atoms with E-state index in [2.05, 4.69) is 17.2 Å². The van der Waals surface area contributed by atoms with Gasteiger partial charge in [0.25, 0.3) is 0 Å². The Hall–Kier alpha value is -1.23. The van der Waals surface area contributed by atoms with Crippen LogP contribution in [0.1, 0.15) is 31.5 Å². The summed E-state index contributed by atoms with van der Waals surface area (Å²) in [6.45, 7) is 4.74. The lowest BCUT2D eigenvalue weighted by Gasteiger charge is -2.20. The van der Waals surface area contributed by atoms with E-state index in [-0.39, 0.29) is 12.1 Å². The third kappa shape index (κ3) is 3.90. The zero-order chi connectivity index (χ0) is 15.4. The van der Waals surface area contributed by atoms with E-state index >= 15 is 0 Å². The van der Waals surface area contributed by atoms with Gasteiger partial charge < -0.3 is 14.6 Å². The molecule has 2 atom stereocenters. The summed E-state index contributed by atoms with van der Waals surface area (Å²) in [5.41, 5.74) is 0.981. The predicted molar refractivity (Wildman–Crippen MR) is 87.3 cm³/mol. The maximum atomic E-state index is 6.24. The van der Waals surface area contributed by atoms with Crippen LogP contribution in [0.5, 0.6) is 0 Å². The van der Waals surface area contributed by atoms with Gasteiger partial charge in [-0.25, -0.2) is 4.98 Å². The number of hydrogen-bond acceptors (Lipinski definition) is 3. The first-order valence-corrected chi connectivity index (χ1v) is 7.51. The van der Waals surface area contributed by atoms with Crippen molar-refractivity contribution in [3.8, 4) is 0 Å². The van der Waals surface area contributed by atoms with Gasteiger partial charge in [0.15, 0.2) is 0 Å². The molecule has 21 heavy (non-hydrogen) atoms. The van der Waals surface area contributed by atoms with Crippen LogP contribution in [0.3, 0.4) is 0 Å². The summed E-state index contributed by atoms with van der Waals surface area (Å²) in [5, 5.41) is 4.65. The molecule has 0 spiro atoms. The molecule has 2 unspecified atom stereocenters. The fourth-order valence-corrected chi connectivity index (χ4v) is 2.80. The largest absolute Gasteiger partial charge is 0.383 e. The van der Waals surface area contributed by atoms with Gasteiger partial charge in [0.1, 0.15) is 0 Å². The van der Waals surface area contributed by atoms with E-state index in [0.29, 0.717) is 16.7 Å². The zero-order valence-electron chi connectivity index (χ0n) is 12.3. The number of methoxy groups -OCH3 is 1. The molecule has 0 fully saturated rings. The molecular weight excluding hydrogens is 309 g/mol. The van der Waals surface area contributed by atoms with Crippen molar-refractivity contribution in [2.75, 3.05) is 19.0 Å². The Kier molecular flexibility index (Phi) is 5.51. The van der Waals surface area contributed by atoms with E-state index in [9.17, 15) is 0 Å². The molecule has 0 radical (unpaired) electrons. The van der Waals surface area contributed by atoms with Crippen LogP contribution in [0, 0.1) is 0 Å². The van der Waals surface area contributed by atoms with Crippen LogP contribution in [-0.2, 0) is 4.74 Å². The van der Waals surface area contributed by atoms with E-state index in [1.807, 2.05) is 29.8 Å². The Morgan fingerprint density at radius 1 is 1.33 bits per heavy atom. The Morgan fingerprint density at radius 3 is 2.76 bits per heavy atom. The van der Waals surface area contributed by atoms with Crippen LogP contribution in [0.15, 0.2) is 30.6 Å². The second-order valence-corrected chi connectivity index (χ2v) is 5.84. The van der Waals surface area contributed by atoms with Gasteiger partial charge in [-0.15, -0.1) is 0 Å². The number of anilines is 1. The fraction of sp³-hybridized carbons (Fsp3) is 0.400. The average Bonchev–Trinajstić information content (AvgIpc) is 2.87. The van der Waals surface area contributed by atoms with Gasteiger partial charge in [-0.05, 0) is 31.5 Å². The SMILES string of the molecule is COCC(C)n1ccnc1NC(C)c1ccc(Cl)cc1Cl. The summed E-state index contributed by atoms with van der Waals surface area (Å²) in [7, 11) is 1.69. The number of hydrogen-bond donors (Lipinski definition) is 1. The van der Waals surface area contributed by atoms with Crippen molar-refractivity contribution in [1.82, 2.24) is 9.55 Å². The highest BCUT2D eigenvalue weighted by molar-refractivity contribution is 6.35. The molecule has 2 aromatic rings. The third-order valence-electron chi connectivity index (χ3n) is 3.33. The third-order valence-corrected chi connectivity index (χ3v) is 3.89. The zero-order valence-corrected chi connectivity index (χ0v) is 13.8. The molecule has 0 bridgehead atoms. The summed E-state index contributed by atoms with van der Waals surface area (Å²) in [5.74, 6) is 0.790. The molecule has 0 aliphatic heterocycles. The van der Waals surface area contributed by atoms with E-state index in [1.54, 1.807) is 19.4 Å². The quantitative estimate of drug-likeness (QED) is 0.844.